The van der Waals surface area contributed by atoms with Crippen molar-refractivity contribution in [1.29, 1.82) is 0 Å². The van der Waals surface area contributed by atoms with Crippen molar-refractivity contribution in [3.63, 3.8) is 0 Å². The van der Waals surface area contributed by atoms with Crippen LogP contribution in [0.1, 0.15) is 12.8 Å². The van der Waals surface area contributed by atoms with Gasteiger partial charge in [-0.2, -0.15) is 0 Å². The van der Waals surface area contributed by atoms with Crippen molar-refractivity contribution >= 4 is 5.69 Å². The maximum absolute atomic E-state index is 5.45. The molecule has 4 nitrogen and oxygen atoms in total. The second-order valence-electron chi connectivity index (χ2n) is 3.30. The molecule has 4 heteroatoms. The van der Waals surface area contributed by atoms with Crippen molar-refractivity contribution in [3.8, 4) is 0 Å². The molecule has 0 spiro atoms. The number of rotatable bonds is 3. The highest BCUT2D eigenvalue weighted by molar-refractivity contribution is 5.36. The van der Waals surface area contributed by atoms with Gasteiger partial charge < -0.3 is 4.74 Å². The molecular formula is C10H14N2O2. The summed E-state index contributed by atoms with van der Waals surface area (Å²) in [4.78, 5) is 9.43. The Kier molecular flexibility index (Phi) is 3.32. The molecule has 0 aliphatic carbocycles. The molecule has 2 heterocycles. The highest BCUT2D eigenvalue weighted by Gasteiger charge is 2.14. The molecule has 0 saturated carbocycles. The van der Waals surface area contributed by atoms with Crippen LogP contribution in [0.2, 0.25) is 0 Å². The summed E-state index contributed by atoms with van der Waals surface area (Å²) in [5, 5.41) is 0. The molecule has 1 saturated heterocycles. The Morgan fingerprint density at radius 1 is 1.57 bits per heavy atom. The quantitative estimate of drug-likeness (QED) is 0.742. The first-order chi connectivity index (χ1) is 6.95. The largest absolute Gasteiger partial charge is 0.379 e. The topological polar surface area (TPSA) is 43.4 Å². The Morgan fingerprint density at radius 2 is 2.57 bits per heavy atom. The summed E-state index contributed by atoms with van der Waals surface area (Å²) in [5.41, 5.74) is 3.75. The van der Waals surface area contributed by atoms with E-state index in [1.165, 1.54) is 0 Å². The third-order valence-electron chi connectivity index (χ3n) is 2.12. The standard InChI is InChI=1S/C10H14N2O2/c1-3-9(7-11-5-1)12-14-10-4-2-6-13-8-10/h1,3,5,7,10,12H,2,4,6,8H2. The summed E-state index contributed by atoms with van der Waals surface area (Å²) < 4.78 is 5.29. The van der Waals surface area contributed by atoms with Gasteiger partial charge in [0.1, 0.15) is 6.10 Å². The second kappa shape index (κ2) is 4.93. The average Bonchev–Trinajstić information content (AvgIpc) is 2.29. The molecule has 0 amide bonds. The van der Waals surface area contributed by atoms with Crippen LogP contribution in [0.5, 0.6) is 0 Å². The molecular weight excluding hydrogens is 180 g/mol. The van der Waals surface area contributed by atoms with Gasteiger partial charge in [-0.1, -0.05) is 0 Å². The van der Waals surface area contributed by atoms with Crippen molar-refractivity contribution in [3.05, 3.63) is 24.5 Å². The summed E-state index contributed by atoms with van der Waals surface area (Å²) in [6, 6.07) is 3.78. The van der Waals surface area contributed by atoms with Gasteiger partial charge in [0.15, 0.2) is 0 Å². The molecule has 1 N–H and O–H groups in total. The van der Waals surface area contributed by atoms with Crippen LogP contribution in [0.25, 0.3) is 0 Å². The molecule has 0 aromatic carbocycles. The molecule has 2 rings (SSSR count). The van der Waals surface area contributed by atoms with Crippen LogP contribution < -0.4 is 5.48 Å². The number of nitrogens with one attached hydrogen (secondary N) is 1. The molecule has 76 valence electrons. The van der Waals surface area contributed by atoms with E-state index in [0.717, 1.165) is 25.1 Å². The summed E-state index contributed by atoms with van der Waals surface area (Å²) >= 11 is 0. The van der Waals surface area contributed by atoms with Gasteiger partial charge in [-0.15, -0.1) is 0 Å². The fourth-order valence-corrected chi connectivity index (χ4v) is 1.38. The van der Waals surface area contributed by atoms with Crippen molar-refractivity contribution in [2.24, 2.45) is 0 Å². The zero-order valence-corrected chi connectivity index (χ0v) is 7.98. The lowest BCUT2D eigenvalue weighted by atomic mass is 10.2. The second-order valence-corrected chi connectivity index (χ2v) is 3.30. The lowest BCUT2D eigenvalue weighted by molar-refractivity contribution is -0.0300. The molecule has 0 bridgehead atoms. The number of nitrogens with zero attached hydrogens (tertiary/aromatic N) is 1. The normalized spacial score (nSPS) is 21.9. The van der Waals surface area contributed by atoms with Crippen LogP contribution in [-0.2, 0) is 9.57 Å². The van der Waals surface area contributed by atoms with Crippen LogP contribution in [0.3, 0.4) is 0 Å². The smallest absolute Gasteiger partial charge is 0.109 e. The van der Waals surface area contributed by atoms with Gasteiger partial charge in [0.25, 0.3) is 0 Å². The summed E-state index contributed by atoms with van der Waals surface area (Å²) in [6.07, 6.45) is 5.73. The van der Waals surface area contributed by atoms with Gasteiger partial charge in [-0.25, -0.2) is 0 Å². The number of ether oxygens (including phenoxy) is 1. The van der Waals surface area contributed by atoms with Crippen LogP contribution in [0.4, 0.5) is 5.69 Å². The average molecular weight is 194 g/mol. The van der Waals surface area contributed by atoms with E-state index >= 15 is 0 Å². The Hall–Kier alpha value is -1.13. The molecule has 1 aromatic heterocycles. The molecule has 0 radical (unpaired) electrons. The van der Waals surface area contributed by atoms with Crippen LogP contribution >= 0.6 is 0 Å². The van der Waals surface area contributed by atoms with E-state index in [1.54, 1.807) is 12.4 Å². The van der Waals surface area contributed by atoms with Crippen LogP contribution in [0.15, 0.2) is 24.5 Å². The number of aromatic nitrogens is 1. The van der Waals surface area contributed by atoms with E-state index in [9.17, 15) is 0 Å². The monoisotopic (exact) mass is 194 g/mol. The van der Waals surface area contributed by atoms with Gasteiger partial charge in [0.05, 0.1) is 18.5 Å². The highest BCUT2D eigenvalue weighted by Crippen LogP contribution is 2.11. The van der Waals surface area contributed by atoms with Gasteiger partial charge in [0, 0.05) is 12.8 Å². The van der Waals surface area contributed by atoms with Crippen LogP contribution in [0, 0.1) is 0 Å². The fourth-order valence-electron chi connectivity index (χ4n) is 1.38. The van der Waals surface area contributed by atoms with Crippen molar-refractivity contribution in [1.82, 2.24) is 4.98 Å². The maximum Gasteiger partial charge on any atom is 0.109 e. The van der Waals surface area contributed by atoms with Gasteiger partial charge >= 0.3 is 0 Å². The maximum atomic E-state index is 5.45. The number of pyridine rings is 1. The Bertz CT molecular complexity index is 260. The van der Waals surface area contributed by atoms with E-state index in [4.69, 9.17) is 9.57 Å². The number of hydrogen-bond acceptors (Lipinski definition) is 4. The third kappa shape index (κ3) is 2.68. The molecule has 1 fully saturated rings. The summed E-state index contributed by atoms with van der Waals surface area (Å²) in [5.74, 6) is 0. The molecule has 1 aliphatic rings. The first-order valence-corrected chi connectivity index (χ1v) is 4.84. The minimum atomic E-state index is 0.156. The SMILES string of the molecule is c1cncc(NOC2CCCOC2)c1. The first-order valence-electron chi connectivity index (χ1n) is 4.84. The number of hydrogen-bond donors (Lipinski definition) is 1. The van der Waals surface area contributed by atoms with E-state index < -0.39 is 0 Å². The predicted octanol–water partition coefficient (Wildman–Crippen LogP) is 1.60. The van der Waals surface area contributed by atoms with Crippen molar-refractivity contribution in [2.45, 2.75) is 18.9 Å². The van der Waals surface area contributed by atoms with E-state index in [1.807, 2.05) is 12.1 Å². The lowest BCUT2D eigenvalue weighted by Crippen LogP contribution is -2.27. The van der Waals surface area contributed by atoms with E-state index in [0.29, 0.717) is 6.61 Å². The Morgan fingerprint density at radius 3 is 3.29 bits per heavy atom. The van der Waals surface area contributed by atoms with Crippen molar-refractivity contribution in [2.75, 3.05) is 18.7 Å². The minimum Gasteiger partial charge on any atom is -0.379 e. The zero-order chi connectivity index (χ0) is 9.64. The molecule has 1 aromatic rings. The number of anilines is 1. The summed E-state index contributed by atoms with van der Waals surface area (Å²) in [7, 11) is 0. The molecule has 1 unspecified atom stereocenters. The Labute approximate surface area is 83.2 Å². The molecule has 14 heavy (non-hydrogen) atoms. The van der Waals surface area contributed by atoms with Gasteiger partial charge in [0.2, 0.25) is 0 Å². The minimum absolute atomic E-state index is 0.156. The van der Waals surface area contributed by atoms with E-state index in [2.05, 4.69) is 10.5 Å². The van der Waals surface area contributed by atoms with Gasteiger partial charge in [-0.3, -0.25) is 15.3 Å². The third-order valence-corrected chi connectivity index (χ3v) is 2.12. The molecule has 1 atom stereocenters. The Balaban J connectivity index is 1.76. The lowest BCUT2D eigenvalue weighted by Gasteiger charge is -2.22. The first kappa shape index (κ1) is 9.43. The molecule has 1 aliphatic heterocycles. The van der Waals surface area contributed by atoms with E-state index in [-0.39, 0.29) is 6.10 Å². The van der Waals surface area contributed by atoms with Crippen molar-refractivity contribution < 1.29 is 9.57 Å². The van der Waals surface area contributed by atoms with Crippen LogP contribution in [-0.4, -0.2) is 24.3 Å². The van der Waals surface area contributed by atoms with Gasteiger partial charge in [-0.05, 0) is 25.0 Å². The highest BCUT2D eigenvalue weighted by atomic mass is 16.7. The predicted molar refractivity (Wildman–Crippen MR) is 52.8 cm³/mol. The fraction of sp³-hybridized carbons (Fsp3) is 0.500. The summed E-state index contributed by atoms with van der Waals surface area (Å²) in [6.45, 7) is 1.53. The zero-order valence-electron chi connectivity index (χ0n) is 7.98.